The smallest absolute Gasteiger partial charge is 0.406 e. The first-order valence-corrected chi connectivity index (χ1v) is 7.87. The lowest BCUT2D eigenvalue weighted by molar-refractivity contribution is -0.274. The maximum Gasteiger partial charge on any atom is 0.573 e. The molecule has 0 saturated carbocycles. The van der Waals surface area contributed by atoms with Crippen LogP contribution in [0.4, 0.5) is 18.9 Å². The Bertz CT molecular complexity index is 957. The average molecular weight is 373 g/mol. The number of alkyl halides is 3. The van der Waals surface area contributed by atoms with Crippen LogP contribution in [0.2, 0.25) is 0 Å². The van der Waals surface area contributed by atoms with Gasteiger partial charge in [-0.1, -0.05) is 12.1 Å². The Labute approximate surface area is 152 Å². The van der Waals surface area contributed by atoms with E-state index in [0.29, 0.717) is 17.2 Å². The van der Waals surface area contributed by atoms with Gasteiger partial charge in [0.2, 0.25) is 0 Å². The molecule has 0 aliphatic heterocycles. The maximum atomic E-state index is 12.3. The second-order valence-electron chi connectivity index (χ2n) is 5.60. The van der Waals surface area contributed by atoms with Crippen molar-refractivity contribution in [2.45, 2.75) is 13.3 Å². The number of nitrogens with one attached hydrogen (secondary N) is 1. The highest BCUT2D eigenvalue weighted by Gasteiger charge is 2.31. The fraction of sp³-hybridized carbons (Fsp3) is 0.105. The summed E-state index contributed by atoms with van der Waals surface area (Å²) in [6.07, 6.45) is -3.13. The first-order valence-electron chi connectivity index (χ1n) is 7.87. The fourth-order valence-corrected chi connectivity index (χ4v) is 2.38. The zero-order valence-corrected chi connectivity index (χ0v) is 14.1. The van der Waals surface area contributed by atoms with Crippen LogP contribution in [0.3, 0.4) is 0 Å². The number of carbonyl (C=O) groups is 1. The molecule has 0 saturated heterocycles. The maximum absolute atomic E-state index is 12.3. The van der Waals surface area contributed by atoms with Gasteiger partial charge in [0, 0.05) is 23.0 Å². The summed E-state index contributed by atoms with van der Waals surface area (Å²) in [5.41, 5.74) is 2.25. The Balaban J connectivity index is 1.73. The molecule has 0 atom stereocenters. The number of hydrogen-bond acceptors (Lipinski definition) is 4. The van der Waals surface area contributed by atoms with Crippen LogP contribution in [0.15, 0.2) is 60.8 Å². The van der Waals surface area contributed by atoms with Crippen molar-refractivity contribution in [2.24, 2.45) is 0 Å². The lowest BCUT2D eigenvalue weighted by Crippen LogP contribution is -2.17. The quantitative estimate of drug-likeness (QED) is 0.726. The Morgan fingerprint density at radius 1 is 1.07 bits per heavy atom. The van der Waals surface area contributed by atoms with Crippen LogP contribution >= 0.6 is 0 Å². The summed E-state index contributed by atoms with van der Waals surface area (Å²) in [6, 6.07) is 13.5. The minimum absolute atomic E-state index is 0.202. The van der Waals surface area contributed by atoms with Gasteiger partial charge in [0.15, 0.2) is 0 Å². The van der Waals surface area contributed by atoms with Crippen molar-refractivity contribution in [3.8, 4) is 17.0 Å². The van der Waals surface area contributed by atoms with Gasteiger partial charge in [0.25, 0.3) is 5.91 Å². The van der Waals surface area contributed by atoms with Crippen molar-refractivity contribution in [3.05, 3.63) is 72.2 Å². The molecule has 2 aromatic carbocycles. The summed E-state index contributed by atoms with van der Waals surface area (Å²) in [6.45, 7) is 1.78. The second kappa shape index (κ2) is 7.45. The van der Waals surface area contributed by atoms with E-state index in [1.54, 1.807) is 37.4 Å². The van der Waals surface area contributed by atoms with Gasteiger partial charge >= 0.3 is 6.36 Å². The standard InChI is InChI=1S/C19H14F3N3O2/c1-12-23-10-9-17(24-12)14-3-2-4-15(11-14)25-18(26)13-5-7-16(8-6-13)27-19(20,21)22/h2-11H,1H3,(H,25,26). The second-order valence-corrected chi connectivity index (χ2v) is 5.60. The molecule has 138 valence electrons. The molecule has 0 fully saturated rings. The van der Waals surface area contributed by atoms with Crippen molar-refractivity contribution in [1.29, 1.82) is 0 Å². The molecule has 0 unspecified atom stereocenters. The molecule has 5 nitrogen and oxygen atoms in total. The number of nitrogens with zero attached hydrogens (tertiary/aromatic N) is 2. The summed E-state index contributed by atoms with van der Waals surface area (Å²) in [5, 5.41) is 2.71. The molecular weight excluding hydrogens is 359 g/mol. The molecule has 3 rings (SSSR count). The van der Waals surface area contributed by atoms with Gasteiger partial charge in [-0.25, -0.2) is 9.97 Å². The van der Waals surface area contributed by atoms with E-state index in [9.17, 15) is 18.0 Å². The SMILES string of the molecule is Cc1nccc(-c2cccc(NC(=O)c3ccc(OC(F)(F)F)cc3)c2)n1. The zero-order chi connectivity index (χ0) is 19.4. The predicted octanol–water partition coefficient (Wildman–Crippen LogP) is 4.60. The van der Waals surface area contributed by atoms with Crippen LogP contribution in [0, 0.1) is 6.92 Å². The van der Waals surface area contributed by atoms with Gasteiger partial charge < -0.3 is 10.1 Å². The van der Waals surface area contributed by atoms with Gasteiger partial charge in [-0.05, 0) is 49.4 Å². The van der Waals surface area contributed by atoms with E-state index >= 15 is 0 Å². The lowest BCUT2D eigenvalue weighted by Gasteiger charge is -2.10. The molecular formula is C19H14F3N3O2. The molecule has 0 spiro atoms. The number of benzene rings is 2. The Kier molecular flexibility index (Phi) is 5.07. The molecule has 8 heteroatoms. The number of amides is 1. The van der Waals surface area contributed by atoms with Crippen LogP contribution in [-0.4, -0.2) is 22.2 Å². The van der Waals surface area contributed by atoms with Crippen LogP contribution in [0.5, 0.6) is 5.75 Å². The minimum Gasteiger partial charge on any atom is -0.406 e. The predicted molar refractivity (Wildman–Crippen MR) is 93.3 cm³/mol. The van der Waals surface area contributed by atoms with E-state index in [2.05, 4.69) is 20.0 Å². The van der Waals surface area contributed by atoms with Crippen LogP contribution in [0.25, 0.3) is 11.3 Å². The number of aryl methyl sites for hydroxylation is 1. The van der Waals surface area contributed by atoms with Crippen molar-refractivity contribution >= 4 is 11.6 Å². The number of rotatable bonds is 4. The summed E-state index contributed by atoms with van der Waals surface area (Å²) in [4.78, 5) is 20.7. The monoisotopic (exact) mass is 373 g/mol. The molecule has 0 bridgehead atoms. The Hall–Kier alpha value is -3.42. The highest BCUT2D eigenvalue weighted by molar-refractivity contribution is 6.04. The van der Waals surface area contributed by atoms with E-state index in [0.717, 1.165) is 17.7 Å². The summed E-state index contributed by atoms with van der Waals surface area (Å²) >= 11 is 0. The minimum atomic E-state index is -4.77. The van der Waals surface area contributed by atoms with E-state index in [1.807, 2.05) is 6.07 Å². The Morgan fingerprint density at radius 2 is 1.81 bits per heavy atom. The van der Waals surface area contributed by atoms with E-state index < -0.39 is 12.3 Å². The number of hydrogen-bond donors (Lipinski definition) is 1. The van der Waals surface area contributed by atoms with Crippen LogP contribution in [0.1, 0.15) is 16.2 Å². The van der Waals surface area contributed by atoms with Gasteiger partial charge in [-0.15, -0.1) is 13.2 Å². The highest BCUT2D eigenvalue weighted by Crippen LogP contribution is 2.24. The topological polar surface area (TPSA) is 64.1 Å². The third kappa shape index (κ3) is 5.04. The molecule has 3 aromatic rings. The summed E-state index contributed by atoms with van der Waals surface area (Å²) in [5.74, 6) is -0.215. The van der Waals surface area contributed by atoms with Crippen LogP contribution < -0.4 is 10.1 Å². The zero-order valence-electron chi connectivity index (χ0n) is 14.1. The number of aromatic nitrogens is 2. The molecule has 1 aromatic heterocycles. The number of anilines is 1. The number of halogens is 3. The van der Waals surface area contributed by atoms with E-state index in [-0.39, 0.29) is 11.3 Å². The molecule has 1 N–H and O–H groups in total. The van der Waals surface area contributed by atoms with Crippen molar-refractivity contribution in [3.63, 3.8) is 0 Å². The lowest BCUT2D eigenvalue weighted by atomic mass is 10.1. The largest absolute Gasteiger partial charge is 0.573 e. The van der Waals surface area contributed by atoms with Crippen molar-refractivity contribution < 1.29 is 22.7 Å². The number of carbonyl (C=O) groups excluding carboxylic acids is 1. The molecule has 0 aliphatic carbocycles. The van der Waals surface area contributed by atoms with Crippen molar-refractivity contribution in [2.75, 3.05) is 5.32 Å². The van der Waals surface area contributed by atoms with Gasteiger partial charge in [0.1, 0.15) is 11.6 Å². The summed E-state index contributed by atoms with van der Waals surface area (Å²) < 4.78 is 40.3. The first-order chi connectivity index (χ1) is 12.8. The molecule has 1 heterocycles. The average Bonchev–Trinajstić information content (AvgIpc) is 2.61. The van der Waals surface area contributed by atoms with Crippen molar-refractivity contribution in [1.82, 2.24) is 9.97 Å². The highest BCUT2D eigenvalue weighted by atomic mass is 19.4. The van der Waals surface area contributed by atoms with Gasteiger partial charge in [-0.3, -0.25) is 4.79 Å². The summed E-state index contributed by atoms with van der Waals surface area (Å²) in [7, 11) is 0. The van der Waals surface area contributed by atoms with Gasteiger partial charge in [0.05, 0.1) is 5.69 Å². The molecule has 0 radical (unpaired) electrons. The van der Waals surface area contributed by atoms with E-state index in [4.69, 9.17) is 0 Å². The molecule has 0 aliphatic rings. The first kappa shape index (κ1) is 18.4. The molecule has 1 amide bonds. The number of ether oxygens (including phenoxy) is 1. The molecule has 27 heavy (non-hydrogen) atoms. The fourth-order valence-electron chi connectivity index (χ4n) is 2.38. The third-order valence-electron chi connectivity index (χ3n) is 3.54. The van der Waals surface area contributed by atoms with Crippen LogP contribution in [-0.2, 0) is 0 Å². The Morgan fingerprint density at radius 3 is 2.48 bits per heavy atom. The third-order valence-corrected chi connectivity index (χ3v) is 3.54. The normalized spacial score (nSPS) is 11.1. The van der Waals surface area contributed by atoms with E-state index in [1.165, 1.54) is 12.1 Å². The van der Waals surface area contributed by atoms with Gasteiger partial charge in [-0.2, -0.15) is 0 Å².